The summed E-state index contributed by atoms with van der Waals surface area (Å²) >= 11 is 12.1. The van der Waals surface area contributed by atoms with Crippen LogP contribution in [0, 0.1) is 5.92 Å². The van der Waals surface area contributed by atoms with E-state index in [1.165, 1.54) is 18.4 Å². The van der Waals surface area contributed by atoms with E-state index in [0.717, 1.165) is 25.6 Å². The van der Waals surface area contributed by atoms with Gasteiger partial charge in [-0.15, -0.1) is 0 Å². The number of halogens is 2. The molecular formula is C16H22Cl2N2. The van der Waals surface area contributed by atoms with Gasteiger partial charge < -0.3 is 5.32 Å². The van der Waals surface area contributed by atoms with Crippen LogP contribution in [0.4, 0.5) is 0 Å². The Morgan fingerprint density at radius 3 is 2.65 bits per heavy atom. The molecular weight excluding hydrogens is 291 g/mol. The fraction of sp³-hybridized carbons (Fsp3) is 0.625. The molecule has 2 aliphatic rings. The van der Waals surface area contributed by atoms with Gasteiger partial charge in [-0.05, 0) is 50.3 Å². The third-order valence-electron chi connectivity index (χ3n) is 4.62. The molecule has 0 amide bonds. The monoisotopic (exact) mass is 312 g/mol. The summed E-state index contributed by atoms with van der Waals surface area (Å²) in [6, 6.07) is 6.63. The first-order chi connectivity index (χ1) is 9.45. The Balaban J connectivity index is 1.73. The van der Waals surface area contributed by atoms with Crippen LogP contribution < -0.4 is 5.32 Å². The molecule has 4 heteroatoms. The molecule has 20 heavy (non-hydrogen) atoms. The number of benzene rings is 1. The van der Waals surface area contributed by atoms with Gasteiger partial charge in [-0.1, -0.05) is 29.3 Å². The molecule has 0 bridgehead atoms. The Morgan fingerprint density at radius 1 is 1.25 bits per heavy atom. The number of nitrogens with zero attached hydrogens (tertiary/aromatic N) is 1. The van der Waals surface area contributed by atoms with Gasteiger partial charge in [0.15, 0.2) is 0 Å². The molecule has 1 aliphatic heterocycles. The molecule has 1 heterocycles. The van der Waals surface area contributed by atoms with E-state index in [1.807, 2.05) is 12.1 Å². The van der Waals surface area contributed by atoms with Crippen molar-refractivity contribution in [1.29, 1.82) is 0 Å². The summed E-state index contributed by atoms with van der Waals surface area (Å²) in [5, 5.41) is 5.00. The molecule has 1 aromatic carbocycles. The number of rotatable bonds is 3. The van der Waals surface area contributed by atoms with E-state index >= 15 is 0 Å². The highest BCUT2D eigenvalue weighted by Crippen LogP contribution is 2.36. The lowest BCUT2D eigenvalue weighted by molar-refractivity contribution is 0.0534. The largest absolute Gasteiger partial charge is 0.311 e. The van der Waals surface area contributed by atoms with Crippen LogP contribution in [0.15, 0.2) is 18.2 Å². The second-order valence-corrected chi connectivity index (χ2v) is 7.58. The van der Waals surface area contributed by atoms with Crippen LogP contribution in [0.25, 0.3) is 0 Å². The highest BCUT2D eigenvalue weighted by molar-refractivity contribution is 6.42. The standard InChI is InChI=1S/C16H22Cl2N2/c1-16(2)10-19-15(12-4-5-12)9-20(16)8-11-3-6-13(17)14(18)7-11/h3,6-7,12,15,19H,4-5,8-10H2,1-2H3. The third kappa shape index (κ3) is 3.14. The lowest BCUT2D eigenvalue weighted by atomic mass is 9.95. The zero-order valence-electron chi connectivity index (χ0n) is 12.1. The molecule has 1 saturated heterocycles. The second-order valence-electron chi connectivity index (χ2n) is 6.77. The molecule has 1 saturated carbocycles. The lowest BCUT2D eigenvalue weighted by Gasteiger charge is -2.46. The summed E-state index contributed by atoms with van der Waals surface area (Å²) in [6.45, 7) is 7.73. The Labute approximate surface area is 131 Å². The molecule has 0 spiro atoms. The van der Waals surface area contributed by atoms with Crippen molar-refractivity contribution in [1.82, 2.24) is 10.2 Å². The fourth-order valence-corrected chi connectivity index (χ4v) is 3.31. The molecule has 1 unspecified atom stereocenters. The fourth-order valence-electron chi connectivity index (χ4n) is 2.99. The molecule has 1 N–H and O–H groups in total. The van der Waals surface area contributed by atoms with Crippen LogP contribution in [0.5, 0.6) is 0 Å². The van der Waals surface area contributed by atoms with Crippen molar-refractivity contribution in [2.45, 2.75) is 44.8 Å². The van der Waals surface area contributed by atoms with E-state index in [2.05, 4.69) is 30.1 Å². The molecule has 1 aromatic rings. The highest BCUT2D eigenvalue weighted by Gasteiger charge is 2.40. The zero-order chi connectivity index (χ0) is 14.3. The Kier molecular flexibility index (Phi) is 4.02. The average molecular weight is 313 g/mol. The van der Waals surface area contributed by atoms with Crippen LogP contribution in [-0.4, -0.2) is 29.6 Å². The van der Waals surface area contributed by atoms with Gasteiger partial charge in [0.2, 0.25) is 0 Å². The van der Waals surface area contributed by atoms with Gasteiger partial charge >= 0.3 is 0 Å². The van der Waals surface area contributed by atoms with E-state index in [9.17, 15) is 0 Å². The Bertz CT molecular complexity index is 497. The van der Waals surface area contributed by atoms with Crippen molar-refractivity contribution in [3.05, 3.63) is 33.8 Å². The SMILES string of the molecule is CC1(C)CNC(C2CC2)CN1Cc1ccc(Cl)c(Cl)c1. The number of nitrogens with one attached hydrogen (secondary N) is 1. The molecule has 110 valence electrons. The van der Waals surface area contributed by atoms with Crippen LogP contribution in [-0.2, 0) is 6.54 Å². The van der Waals surface area contributed by atoms with Crippen LogP contribution in [0.2, 0.25) is 10.0 Å². The van der Waals surface area contributed by atoms with E-state index in [0.29, 0.717) is 16.1 Å². The predicted molar refractivity (Wildman–Crippen MR) is 85.5 cm³/mol. The van der Waals surface area contributed by atoms with Crippen LogP contribution in [0.1, 0.15) is 32.3 Å². The van der Waals surface area contributed by atoms with Crippen molar-refractivity contribution >= 4 is 23.2 Å². The lowest BCUT2D eigenvalue weighted by Crippen LogP contribution is -2.62. The van der Waals surface area contributed by atoms with Gasteiger partial charge in [0.05, 0.1) is 10.0 Å². The maximum absolute atomic E-state index is 6.13. The summed E-state index contributed by atoms with van der Waals surface area (Å²) in [4.78, 5) is 2.58. The quantitative estimate of drug-likeness (QED) is 0.909. The summed E-state index contributed by atoms with van der Waals surface area (Å²) in [5.74, 6) is 0.891. The third-order valence-corrected chi connectivity index (χ3v) is 5.36. The zero-order valence-corrected chi connectivity index (χ0v) is 13.6. The van der Waals surface area contributed by atoms with Gasteiger partial charge in [-0.25, -0.2) is 0 Å². The van der Waals surface area contributed by atoms with E-state index in [4.69, 9.17) is 23.2 Å². The molecule has 0 aromatic heterocycles. The minimum absolute atomic E-state index is 0.178. The molecule has 3 rings (SSSR count). The summed E-state index contributed by atoms with van der Waals surface area (Å²) in [6.07, 6.45) is 2.78. The Morgan fingerprint density at radius 2 is 2.00 bits per heavy atom. The van der Waals surface area contributed by atoms with Crippen molar-refractivity contribution in [2.24, 2.45) is 5.92 Å². The van der Waals surface area contributed by atoms with E-state index < -0.39 is 0 Å². The summed E-state index contributed by atoms with van der Waals surface area (Å²) in [5.41, 5.74) is 1.42. The van der Waals surface area contributed by atoms with Crippen LogP contribution in [0.3, 0.4) is 0 Å². The highest BCUT2D eigenvalue weighted by atomic mass is 35.5. The van der Waals surface area contributed by atoms with Crippen molar-refractivity contribution in [3.8, 4) is 0 Å². The maximum Gasteiger partial charge on any atom is 0.0595 e. The first kappa shape index (κ1) is 14.6. The van der Waals surface area contributed by atoms with Crippen molar-refractivity contribution in [2.75, 3.05) is 13.1 Å². The van der Waals surface area contributed by atoms with Gasteiger partial charge in [-0.3, -0.25) is 4.90 Å². The summed E-state index contributed by atoms with van der Waals surface area (Å²) in [7, 11) is 0. The average Bonchev–Trinajstić information content (AvgIpc) is 3.20. The molecule has 1 aliphatic carbocycles. The molecule has 2 nitrogen and oxygen atoms in total. The topological polar surface area (TPSA) is 15.3 Å². The van der Waals surface area contributed by atoms with Gasteiger partial charge in [0.25, 0.3) is 0 Å². The molecule has 2 fully saturated rings. The van der Waals surface area contributed by atoms with E-state index in [-0.39, 0.29) is 5.54 Å². The minimum atomic E-state index is 0.178. The van der Waals surface area contributed by atoms with Gasteiger partial charge in [-0.2, -0.15) is 0 Å². The molecule has 0 radical (unpaired) electrons. The smallest absolute Gasteiger partial charge is 0.0595 e. The number of hydrogen-bond acceptors (Lipinski definition) is 2. The van der Waals surface area contributed by atoms with Crippen molar-refractivity contribution in [3.63, 3.8) is 0 Å². The first-order valence-corrected chi connectivity index (χ1v) is 8.14. The first-order valence-electron chi connectivity index (χ1n) is 7.38. The number of hydrogen-bond donors (Lipinski definition) is 1. The normalized spacial score (nSPS) is 26.7. The van der Waals surface area contributed by atoms with Gasteiger partial charge in [0, 0.05) is 31.2 Å². The van der Waals surface area contributed by atoms with Crippen LogP contribution >= 0.6 is 23.2 Å². The van der Waals surface area contributed by atoms with Crippen molar-refractivity contribution < 1.29 is 0 Å². The maximum atomic E-state index is 6.13. The second kappa shape index (κ2) is 5.49. The van der Waals surface area contributed by atoms with Gasteiger partial charge in [0.1, 0.15) is 0 Å². The Hall–Kier alpha value is -0.280. The van der Waals surface area contributed by atoms with E-state index in [1.54, 1.807) is 0 Å². The minimum Gasteiger partial charge on any atom is -0.311 e. The molecule has 1 atom stereocenters. The predicted octanol–water partition coefficient (Wildman–Crippen LogP) is 3.96. The number of piperazine rings is 1. The summed E-state index contributed by atoms with van der Waals surface area (Å²) < 4.78 is 0.